The van der Waals surface area contributed by atoms with Crippen LogP contribution in [0, 0.1) is 0 Å². The minimum absolute atomic E-state index is 0.157. The van der Waals surface area contributed by atoms with E-state index in [-0.39, 0.29) is 12.0 Å². The zero-order valence-electron chi connectivity index (χ0n) is 10.3. The molecule has 0 saturated carbocycles. The molecule has 1 aromatic rings. The third-order valence-electron chi connectivity index (χ3n) is 3.00. The van der Waals surface area contributed by atoms with Gasteiger partial charge in [-0.2, -0.15) is 4.98 Å². The molecule has 0 aliphatic carbocycles. The minimum Gasteiger partial charge on any atom is -0.379 e. The predicted octanol–water partition coefficient (Wildman–Crippen LogP) is 0.738. The Balaban J connectivity index is 2.14. The molecule has 96 valence electrons. The van der Waals surface area contributed by atoms with Gasteiger partial charge in [0.2, 0.25) is 5.82 Å². The molecule has 0 radical (unpaired) electrons. The Hall–Kier alpha value is -0.980. The number of nitrogens with one attached hydrogen (secondary N) is 1. The van der Waals surface area contributed by atoms with Gasteiger partial charge in [0.1, 0.15) is 6.10 Å². The van der Waals surface area contributed by atoms with Gasteiger partial charge in [-0.15, -0.1) is 0 Å². The molecule has 2 heterocycles. The summed E-state index contributed by atoms with van der Waals surface area (Å²) in [5.74, 6) is 0.806. The Labute approximate surface area is 100 Å². The first kappa shape index (κ1) is 12.5. The van der Waals surface area contributed by atoms with Gasteiger partial charge in [-0.3, -0.25) is 0 Å². The highest BCUT2D eigenvalue weighted by atomic mass is 16.5. The highest BCUT2D eigenvalue weighted by molar-refractivity contribution is 5.04. The van der Waals surface area contributed by atoms with Crippen LogP contribution in [-0.4, -0.2) is 34.9 Å². The van der Waals surface area contributed by atoms with E-state index in [1.807, 2.05) is 13.8 Å². The summed E-state index contributed by atoms with van der Waals surface area (Å²) in [5, 5.41) is 17.2. The van der Waals surface area contributed by atoms with Gasteiger partial charge in [-0.05, 0) is 26.3 Å². The van der Waals surface area contributed by atoms with Crippen LogP contribution < -0.4 is 5.32 Å². The SMILES string of the molecule is CCOC(CC)c1noc(C2(O)CCNC2)n1. The summed E-state index contributed by atoms with van der Waals surface area (Å²) >= 11 is 0. The molecule has 6 heteroatoms. The van der Waals surface area contributed by atoms with Gasteiger partial charge in [0.05, 0.1) is 0 Å². The van der Waals surface area contributed by atoms with Crippen molar-refractivity contribution in [3.63, 3.8) is 0 Å². The molecule has 1 aliphatic rings. The van der Waals surface area contributed by atoms with Crippen LogP contribution in [0.4, 0.5) is 0 Å². The predicted molar refractivity (Wildman–Crippen MR) is 60.3 cm³/mol. The van der Waals surface area contributed by atoms with Crippen LogP contribution in [0.25, 0.3) is 0 Å². The number of hydrogen-bond donors (Lipinski definition) is 2. The molecule has 2 rings (SSSR count). The molecule has 1 aliphatic heterocycles. The standard InChI is InChI=1S/C11H19N3O3/c1-3-8(16-4-2)9-13-10(17-14-9)11(15)5-6-12-7-11/h8,12,15H,3-7H2,1-2H3. The summed E-state index contributed by atoms with van der Waals surface area (Å²) in [4.78, 5) is 4.26. The maximum absolute atomic E-state index is 10.3. The molecule has 2 atom stereocenters. The van der Waals surface area contributed by atoms with Gasteiger partial charge in [-0.25, -0.2) is 0 Å². The summed E-state index contributed by atoms with van der Waals surface area (Å²) in [6, 6.07) is 0. The summed E-state index contributed by atoms with van der Waals surface area (Å²) < 4.78 is 10.7. The first-order chi connectivity index (χ1) is 8.19. The smallest absolute Gasteiger partial charge is 0.260 e. The highest BCUT2D eigenvalue weighted by Crippen LogP contribution is 2.28. The van der Waals surface area contributed by atoms with Gasteiger partial charge in [0, 0.05) is 13.2 Å². The molecule has 2 N–H and O–H groups in total. The van der Waals surface area contributed by atoms with E-state index in [1.165, 1.54) is 0 Å². The van der Waals surface area contributed by atoms with Crippen molar-refractivity contribution < 1.29 is 14.4 Å². The van der Waals surface area contributed by atoms with Crippen LogP contribution in [0.2, 0.25) is 0 Å². The summed E-state index contributed by atoms with van der Waals surface area (Å²) in [6.07, 6.45) is 1.22. The average molecular weight is 241 g/mol. The number of aromatic nitrogens is 2. The Bertz CT molecular complexity index is 361. The van der Waals surface area contributed by atoms with Crippen LogP contribution in [0.5, 0.6) is 0 Å². The van der Waals surface area contributed by atoms with E-state index in [2.05, 4.69) is 15.5 Å². The van der Waals surface area contributed by atoms with Crippen molar-refractivity contribution in [3.05, 3.63) is 11.7 Å². The molecule has 6 nitrogen and oxygen atoms in total. The lowest BCUT2D eigenvalue weighted by Gasteiger charge is -2.15. The summed E-state index contributed by atoms with van der Waals surface area (Å²) in [5.41, 5.74) is -1.02. The van der Waals surface area contributed by atoms with E-state index in [9.17, 15) is 5.11 Å². The van der Waals surface area contributed by atoms with Crippen LogP contribution in [0.1, 0.15) is 44.5 Å². The molecule has 1 saturated heterocycles. The molecule has 2 unspecified atom stereocenters. The van der Waals surface area contributed by atoms with E-state index >= 15 is 0 Å². The maximum Gasteiger partial charge on any atom is 0.260 e. The third kappa shape index (κ3) is 2.48. The van der Waals surface area contributed by atoms with Crippen LogP contribution in [0.15, 0.2) is 4.52 Å². The van der Waals surface area contributed by atoms with Gasteiger partial charge in [-0.1, -0.05) is 12.1 Å². The quantitative estimate of drug-likeness (QED) is 0.791. The zero-order chi connectivity index (χ0) is 12.3. The minimum atomic E-state index is -1.02. The molecular formula is C11H19N3O3. The second kappa shape index (κ2) is 5.12. The molecule has 0 aromatic carbocycles. The fourth-order valence-electron chi connectivity index (χ4n) is 1.99. The van der Waals surface area contributed by atoms with Gasteiger partial charge in [0.15, 0.2) is 5.60 Å². The normalized spacial score (nSPS) is 26.3. The summed E-state index contributed by atoms with van der Waals surface area (Å²) in [6.45, 7) is 5.76. The van der Waals surface area contributed by atoms with Crippen LogP contribution >= 0.6 is 0 Å². The number of rotatable bonds is 5. The van der Waals surface area contributed by atoms with Crippen molar-refractivity contribution >= 4 is 0 Å². The molecule has 0 bridgehead atoms. The van der Waals surface area contributed by atoms with E-state index in [0.29, 0.717) is 25.4 Å². The number of hydrogen-bond acceptors (Lipinski definition) is 6. The Morgan fingerprint density at radius 3 is 3.00 bits per heavy atom. The number of β-amino-alcohol motifs (C(OH)–C–C–N with tert-alkyl or cyclic N) is 1. The fourth-order valence-corrected chi connectivity index (χ4v) is 1.99. The number of nitrogens with zero attached hydrogens (tertiary/aromatic N) is 2. The zero-order valence-corrected chi connectivity index (χ0v) is 10.3. The highest BCUT2D eigenvalue weighted by Gasteiger charge is 2.39. The first-order valence-electron chi connectivity index (χ1n) is 6.08. The van der Waals surface area contributed by atoms with Crippen LogP contribution in [0.3, 0.4) is 0 Å². The lowest BCUT2D eigenvalue weighted by Crippen LogP contribution is -2.28. The average Bonchev–Trinajstić information content (AvgIpc) is 2.95. The van der Waals surface area contributed by atoms with Crippen molar-refractivity contribution in [1.82, 2.24) is 15.5 Å². The number of aliphatic hydroxyl groups is 1. The van der Waals surface area contributed by atoms with Crippen molar-refractivity contribution in [2.24, 2.45) is 0 Å². The maximum atomic E-state index is 10.3. The second-order valence-corrected chi connectivity index (χ2v) is 4.27. The lowest BCUT2D eigenvalue weighted by atomic mass is 10.0. The van der Waals surface area contributed by atoms with E-state index < -0.39 is 5.60 Å². The van der Waals surface area contributed by atoms with E-state index in [1.54, 1.807) is 0 Å². The van der Waals surface area contributed by atoms with Crippen molar-refractivity contribution in [2.45, 2.75) is 38.4 Å². The Morgan fingerprint density at radius 1 is 1.59 bits per heavy atom. The molecule has 0 amide bonds. The molecule has 1 fully saturated rings. The fraction of sp³-hybridized carbons (Fsp3) is 0.818. The monoisotopic (exact) mass is 241 g/mol. The Morgan fingerprint density at radius 2 is 2.41 bits per heavy atom. The van der Waals surface area contributed by atoms with Gasteiger partial charge < -0.3 is 19.7 Å². The first-order valence-corrected chi connectivity index (χ1v) is 6.08. The van der Waals surface area contributed by atoms with Crippen molar-refractivity contribution in [2.75, 3.05) is 19.7 Å². The molecule has 1 aromatic heterocycles. The largest absolute Gasteiger partial charge is 0.379 e. The molecular weight excluding hydrogens is 222 g/mol. The molecule has 17 heavy (non-hydrogen) atoms. The van der Waals surface area contributed by atoms with E-state index in [4.69, 9.17) is 9.26 Å². The van der Waals surface area contributed by atoms with Crippen LogP contribution in [-0.2, 0) is 10.3 Å². The van der Waals surface area contributed by atoms with Crippen molar-refractivity contribution in [3.8, 4) is 0 Å². The van der Waals surface area contributed by atoms with Crippen molar-refractivity contribution in [1.29, 1.82) is 0 Å². The topological polar surface area (TPSA) is 80.4 Å². The van der Waals surface area contributed by atoms with Gasteiger partial charge >= 0.3 is 0 Å². The Kier molecular flexibility index (Phi) is 3.76. The molecule has 0 spiro atoms. The second-order valence-electron chi connectivity index (χ2n) is 4.27. The summed E-state index contributed by atoms with van der Waals surface area (Å²) in [7, 11) is 0. The third-order valence-corrected chi connectivity index (χ3v) is 3.00. The van der Waals surface area contributed by atoms with E-state index in [0.717, 1.165) is 13.0 Å². The van der Waals surface area contributed by atoms with Gasteiger partial charge in [0.25, 0.3) is 5.89 Å². The lowest BCUT2D eigenvalue weighted by molar-refractivity contribution is 0.0242. The number of ether oxygens (including phenoxy) is 1.